The van der Waals surface area contributed by atoms with Gasteiger partial charge in [0, 0.05) is 75.5 Å². The molecule has 0 atom stereocenters. The van der Waals surface area contributed by atoms with Gasteiger partial charge in [-0.05, 0) is 11.4 Å². The normalized spacial score (nSPS) is 17.1. The van der Waals surface area contributed by atoms with E-state index < -0.39 is 0 Å². The van der Waals surface area contributed by atoms with Crippen LogP contribution in [0.1, 0.15) is 52.2 Å². The minimum atomic E-state index is 0.248. The maximum absolute atomic E-state index is 12.1. The Labute approximate surface area is 236 Å². The molecule has 0 aliphatic carbocycles. The van der Waals surface area contributed by atoms with Gasteiger partial charge in [-0.1, -0.05) is 46.8 Å². The van der Waals surface area contributed by atoms with Crippen LogP contribution in [0.15, 0.2) is 23.6 Å². The molecule has 10 heteroatoms. The Morgan fingerprint density at radius 1 is 1.03 bits per heavy atom. The highest BCUT2D eigenvalue weighted by molar-refractivity contribution is 7.17. The van der Waals surface area contributed by atoms with E-state index in [2.05, 4.69) is 44.2 Å². The summed E-state index contributed by atoms with van der Waals surface area (Å²) in [6, 6.07) is 6.35. The van der Waals surface area contributed by atoms with E-state index in [0.29, 0.717) is 19.6 Å². The molecule has 2 saturated heterocycles. The number of nitrogens with one attached hydrogen (secondary N) is 2. The third-order valence-electron chi connectivity index (χ3n) is 7.11. The number of morpholine rings is 1. The number of hydrogen-bond acceptors (Lipinski definition) is 9. The molecule has 0 radical (unpaired) electrons. The summed E-state index contributed by atoms with van der Waals surface area (Å²) in [4.78, 5) is 29.0. The van der Waals surface area contributed by atoms with Crippen molar-refractivity contribution in [2.75, 3.05) is 62.8 Å². The summed E-state index contributed by atoms with van der Waals surface area (Å²) in [5.41, 5.74) is 13.3. The molecule has 1 aromatic carbocycles. The van der Waals surface area contributed by atoms with Gasteiger partial charge in [0.2, 0.25) is 11.9 Å². The molecule has 39 heavy (non-hydrogen) atoms. The van der Waals surface area contributed by atoms with Crippen LogP contribution in [0, 0.1) is 0 Å². The van der Waals surface area contributed by atoms with Crippen LogP contribution in [0.2, 0.25) is 0 Å². The Kier molecular flexibility index (Phi) is 10.5. The van der Waals surface area contributed by atoms with Crippen LogP contribution < -0.4 is 15.8 Å². The molecular formula is C29H43N7O2S. The van der Waals surface area contributed by atoms with Gasteiger partial charge in [0.05, 0.1) is 34.8 Å². The first-order valence-electron chi connectivity index (χ1n) is 14.4. The van der Waals surface area contributed by atoms with Gasteiger partial charge in [0.25, 0.3) is 0 Å². The van der Waals surface area contributed by atoms with Crippen LogP contribution >= 0.6 is 11.3 Å². The third-order valence-corrected chi connectivity index (χ3v) is 8.14. The second kappa shape index (κ2) is 14.0. The molecule has 5 heterocycles. The second-order valence-electron chi connectivity index (χ2n) is 9.23. The standard InChI is InChI=1S/C25H31N7O2S.2C2H6/c1-2-21(33)31-8-6-30(7-9-31)15-17-16-35-24-22(17)27-25(32-10-12-34-13-11-32)28-23(24)18-4-3-5-20-19(18)14-26-29-20;2*1-2/h3-5,16,26,29H,2,6-15H2,1H3;2*1-2H3. The van der Waals surface area contributed by atoms with E-state index in [1.807, 2.05) is 39.5 Å². The number of hydrazine groups is 1. The maximum atomic E-state index is 12.1. The summed E-state index contributed by atoms with van der Waals surface area (Å²) in [7, 11) is 0. The lowest BCUT2D eigenvalue weighted by Gasteiger charge is -2.34. The maximum Gasteiger partial charge on any atom is 0.226 e. The number of carbonyl (C=O) groups is 1. The van der Waals surface area contributed by atoms with E-state index in [9.17, 15) is 4.79 Å². The molecular weight excluding hydrogens is 510 g/mol. The third kappa shape index (κ3) is 6.35. The number of ether oxygens (including phenoxy) is 1. The van der Waals surface area contributed by atoms with Gasteiger partial charge in [0.15, 0.2) is 0 Å². The lowest BCUT2D eigenvalue weighted by atomic mass is 10.0. The smallest absolute Gasteiger partial charge is 0.226 e. The molecule has 2 fully saturated rings. The predicted octanol–water partition coefficient (Wildman–Crippen LogP) is 4.73. The minimum Gasteiger partial charge on any atom is -0.378 e. The zero-order valence-electron chi connectivity index (χ0n) is 24.0. The van der Waals surface area contributed by atoms with Gasteiger partial charge in [-0.3, -0.25) is 9.69 Å². The fourth-order valence-electron chi connectivity index (χ4n) is 5.12. The largest absolute Gasteiger partial charge is 0.378 e. The molecule has 0 bridgehead atoms. The number of benzene rings is 1. The highest BCUT2D eigenvalue weighted by atomic mass is 32.1. The number of anilines is 2. The van der Waals surface area contributed by atoms with E-state index >= 15 is 0 Å². The summed E-state index contributed by atoms with van der Waals surface area (Å²) < 4.78 is 6.72. The Balaban J connectivity index is 0.000000845. The van der Waals surface area contributed by atoms with Crippen molar-refractivity contribution in [2.24, 2.45) is 0 Å². The number of piperazine rings is 1. The zero-order chi connectivity index (χ0) is 27.8. The number of rotatable bonds is 5. The predicted molar refractivity (Wildman–Crippen MR) is 161 cm³/mol. The van der Waals surface area contributed by atoms with Gasteiger partial charge < -0.3 is 20.0 Å². The Hall–Kier alpha value is -2.79. The monoisotopic (exact) mass is 553 g/mol. The number of thiophene rings is 1. The molecule has 0 unspecified atom stereocenters. The molecule has 1 amide bonds. The average molecular weight is 554 g/mol. The van der Waals surface area contributed by atoms with E-state index in [1.54, 1.807) is 11.3 Å². The van der Waals surface area contributed by atoms with E-state index in [4.69, 9.17) is 14.7 Å². The summed E-state index contributed by atoms with van der Waals surface area (Å²) in [6.07, 6.45) is 0.577. The fourth-order valence-corrected chi connectivity index (χ4v) is 6.12. The summed E-state index contributed by atoms with van der Waals surface area (Å²) in [6.45, 7) is 17.9. The number of hydrogen-bond donors (Lipinski definition) is 2. The van der Waals surface area contributed by atoms with Gasteiger partial charge in [-0.15, -0.1) is 11.3 Å². The Bertz CT molecular complexity index is 1230. The van der Waals surface area contributed by atoms with Crippen molar-refractivity contribution in [1.82, 2.24) is 25.2 Å². The Morgan fingerprint density at radius 2 is 1.77 bits per heavy atom. The number of nitrogens with zero attached hydrogens (tertiary/aromatic N) is 5. The van der Waals surface area contributed by atoms with Crippen molar-refractivity contribution >= 4 is 39.1 Å². The zero-order valence-corrected chi connectivity index (χ0v) is 24.9. The topological polar surface area (TPSA) is 85.9 Å². The summed E-state index contributed by atoms with van der Waals surface area (Å²) >= 11 is 1.73. The van der Waals surface area contributed by atoms with Crippen molar-refractivity contribution in [3.8, 4) is 11.3 Å². The number of carbonyl (C=O) groups excluding carboxylic acids is 1. The number of aromatic nitrogens is 2. The van der Waals surface area contributed by atoms with Crippen molar-refractivity contribution in [3.63, 3.8) is 0 Å². The van der Waals surface area contributed by atoms with Crippen LogP contribution in [0.4, 0.5) is 11.6 Å². The molecule has 3 aliphatic heterocycles. The first-order chi connectivity index (χ1) is 19.2. The first kappa shape index (κ1) is 29.2. The molecule has 0 spiro atoms. The molecule has 3 aromatic rings. The van der Waals surface area contributed by atoms with Crippen molar-refractivity contribution in [3.05, 3.63) is 34.7 Å². The SMILES string of the molecule is CC.CC.CCC(=O)N1CCN(Cc2csc3c(-c4cccc5c4CNN5)nc(N4CCOCC4)nc23)CC1. The van der Waals surface area contributed by atoms with Gasteiger partial charge >= 0.3 is 0 Å². The molecule has 2 N–H and O–H groups in total. The van der Waals surface area contributed by atoms with Crippen molar-refractivity contribution in [1.29, 1.82) is 0 Å². The van der Waals surface area contributed by atoms with E-state index in [0.717, 1.165) is 85.5 Å². The lowest BCUT2D eigenvalue weighted by Crippen LogP contribution is -2.48. The molecule has 3 aliphatic rings. The van der Waals surface area contributed by atoms with Crippen LogP contribution in [0.3, 0.4) is 0 Å². The molecule has 0 saturated carbocycles. The lowest BCUT2D eigenvalue weighted by molar-refractivity contribution is -0.132. The molecule has 9 nitrogen and oxygen atoms in total. The summed E-state index contributed by atoms with van der Waals surface area (Å²) in [5, 5.41) is 2.25. The number of amides is 1. The van der Waals surface area contributed by atoms with Crippen LogP contribution in [-0.2, 0) is 22.6 Å². The van der Waals surface area contributed by atoms with Gasteiger partial charge in [-0.2, -0.15) is 0 Å². The van der Waals surface area contributed by atoms with Crippen LogP contribution in [-0.4, -0.2) is 78.2 Å². The minimum absolute atomic E-state index is 0.248. The van der Waals surface area contributed by atoms with E-state index in [1.165, 1.54) is 11.1 Å². The van der Waals surface area contributed by atoms with Crippen LogP contribution in [0.5, 0.6) is 0 Å². The Morgan fingerprint density at radius 3 is 2.49 bits per heavy atom. The van der Waals surface area contributed by atoms with Crippen molar-refractivity contribution in [2.45, 2.75) is 54.1 Å². The molecule has 6 rings (SSSR count). The highest BCUT2D eigenvalue weighted by Gasteiger charge is 2.25. The van der Waals surface area contributed by atoms with Crippen molar-refractivity contribution < 1.29 is 9.53 Å². The first-order valence-corrected chi connectivity index (χ1v) is 15.3. The van der Waals surface area contributed by atoms with Gasteiger partial charge in [-0.25, -0.2) is 15.4 Å². The fraction of sp³-hybridized carbons (Fsp3) is 0.552. The average Bonchev–Trinajstić information content (AvgIpc) is 3.66. The highest BCUT2D eigenvalue weighted by Crippen LogP contribution is 2.39. The second-order valence-corrected chi connectivity index (χ2v) is 10.1. The summed E-state index contributed by atoms with van der Waals surface area (Å²) in [5.74, 6) is 1.03. The molecule has 2 aromatic heterocycles. The van der Waals surface area contributed by atoms with Crippen LogP contribution in [0.25, 0.3) is 21.5 Å². The number of fused-ring (bicyclic) bond motifs is 2. The quantitative estimate of drug-likeness (QED) is 0.469. The molecule has 212 valence electrons. The van der Waals surface area contributed by atoms with E-state index in [-0.39, 0.29) is 5.91 Å². The van der Waals surface area contributed by atoms with Gasteiger partial charge in [0.1, 0.15) is 0 Å².